The van der Waals surface area contributed by atoms with E-state index in [0.717, 1.165) is 5.69 Å². The highest BCUT2D eigenvalue weighted by atomic mass is 35.5. The molecule has 1 aromatic heterocycles. The molecule has 6 heteroatoms. The van der Waals surface area contributed by atoms with Crippen molar-refractivity contribution < 1.29 is 9.59 Å². The summed E-state index contributed by atoms with van der Waals surface area (Å²) in [5, 5.41) is 6.51. The zero-order chi connectivity index (χ0) is 18.5. The lowest BCUT2D eigenvalue weighted by Gasteiger charge is -2.09. The molecule has 26 heavy (non-hydrogen) atoms. The molecule has 2 N–H and O–H groups in total. The summed E-state index contributed by atoms with van der Waals surface area (Å²) in [6.45, 7) is 1.51. The highest BCUT2D eigenvalue weighted by Gasteiger charge is 2.08. The zero-order valence-corrected chi connectivity index (χ0v) is 14.7. The largest absolute Gasteiger partial charge is 0.340 e. The van der Waals surface area contributed by atoms with Crippen LogP contribution in [0.25, 0.3) is 0 Å². The van der Waals surface area contributed by atoms with Crippen LogP contribution < -0.4 is 10.6 Å². The number of aromatic nitrogens is 1. The van der Waals surface area contributed by atoms with Crippen molar-refractivity contribution in [2.24, 2.45) is 0 Å². The average molecular weight is 366 g/mol. The van der Waals surface area contributed by atoms with E-state index in [-0.39, 0.29) is 11.7 Å². The van der Waals surface area contributed by atoms with Crippen molar-refractivity contribution >= 4 is 40.5 Å². The molecular formula is C20H16ClN3O2. The number of pyridine rings is 1. The van der Waals surface area contributed by atoms with Crippen LogP contribution >= 0.6 is 11.6 Å². The number of nitrogens with one attached hydrogen (secondary N) is 2. The second-order valence-electron chi connectivity index (χ2n) is 5.65. The Morgan fingerprint density at radius 2 is 1.69 bits per heavy atom. The maximum absolute atomic E-state index is 12.4. The third kappa shape index (κ3) is 4.46. The number of Topliss-reactive ketones (excluding diaryl/α,β-unsaturated/α-hetero) is 1. The smallest absolute Gasteiger partial charge is 0.255 e. The molecule has 3 rings (SSSR count). The van der Waals surface area contributed by atoms with Crippen molar-refractivity contribution in [2.45, 2.75) is 6.92 Å². The van der Waals surface area contributed by atoms with Crippen molar-refractivity contribution in [3.8, 4) is 0 Å². The van der Waals surface area contributed by atoms with Gasteiger partial charge in [0, 0.05) is 33.7 Å². The van der Waals surface area contributed by atoms with Crippen molar-refractivity contribution in [2.75, 3.05) is 10.6 Å². The van der Waals surface area contributed by atoms with Gasteiger partial charge in [-0.3, -0.25) is 9.59 Å². The lowest BCUT2D eigenvalue weighted by atomic mass is 10.1. The summed E-state index contributed by atoms with van der Waals surface area (Å²) in [4.78, 5) is 28.1. The molecule has 0 bridgehead atoms. The molecule has 0 spiro atoms. The standard InChI is InChI=1S/C20H16ClN3O2/c1-13(25)14-3-2-4-18(11-14)23-19-12-15(9-10-22-19)20(26)24-17-7-5-16(21)6-8-17/h2-12H,1H3,(H,22,23)(H,24,26). The lowest BCUT2D eigenvalue weighted by molar-refractivity contribution is 0.101. The predicted octanol–water partition coefficient (Wildman–Crippen LogP) is 4.93. The fourth-order valence-corrected chi connectivity index (χ4v) is 2.47. The van der Waals surface area contributed by atoms with E-state index in [1.165, 1.54) is 6.92 Å². The van der Waals surface area contributed by atoms with Gasteiger partial charge >= 0.3 is 0 Å². The van der Waals surface area contributed by atoms with Gasteiger partial charge in [-0.15, -0.1) is 0 Å². The predicted molar refractivity (Wildman–Crippen MR) is 103 cm³/mol. The van der Waals surface area contributed by atoms with Gasteiger partial charge in [-0.25, -0.2) is 4.98 Å². The van der Waals surface area contributed by atoms with Crippen LogP contribution in [0.15, 0.2) is 66.9 Å². The van der Waals surface area contributed by atoms with Gasteiger partial charge in [-0.2, -0.15) is 0 Å². The van der Waals surface area contributed by atoms with E-state index in [2.05, 4.69) is 15.6 Å². The second-order valence-corrected chi connectivity index (χ2v) is 6.09. The van der Waals surface area contributed by atoms with Crippen LogP contribution in [0, 0.1) is 0 Å². The van der Waals surface area contributed by atoms with Crippen LogP contribution in [0.1, 0.15) is 27.6 Å². The highest BCUT2D eigenvalue weighted by Crippen LogP contribution is 2.19. The number of rotatable bonds is 5. The number of carbonyl (C=O) groups excluding carboxylic acids is 2. The summed E-state index contributed by atoms with van der Waals surface area (Å²) in [6.07, 6.45) is 1.55. The zero-order valence-electron chi connectivity index (χ0n) is 14.0. The number of amides is 1. The molecule has 0 radical (unpaired) electrons. The van der Waals surface area contributed by atoms with Gasteiger partial charge < -0.3 is 10.6 Å². The fourth-order valence-electron chi connectivity index (χ4n) is 2.34. The van der Waals surface area contributed by atoms with Crippen molar-refractivity contribution in [3.05, 3.63) is 83.0 Å². The minimum Gasteiger partial charge on any atom is -0.340 e. The summed E-state index contributed by atoms with van der Waals surface area (Å²) in [5.41, 5.74) is 2.44. The van der Waals surface area contributed by atoms with E-state index in [0.29, 0.717) is 27.7 Å². The minimum atomic E-state index is -0.254. The SMILES string of the molecule is CC(=O)c1cccc(Nc2cc(C(=O)Nc3ccc(Cl)cc3)ccn2)c1. The minimum absolute atomic E-state index is 0.0160. The number of halogens is 1. The Bertz CT molecular complexity index is 955. The second kappa shape index (κ2) is 7.80. The van der Waals surface area contributed by atoms with Gasteiger partial charge in [0.1, 0.15) is 5.82 Å². The van der Waals surface area contributed by atoms with Crippen LogP contribution in [0.2, 0.25) is 5.02 Å². The number of nitrogens with zero attached hydrogens (tertiary/aromatic N) is 1. The van der Waals surface area contributed by atoms with E-state index in [1.54, 1.807) is 60.8 Å². The molecule has 0 aliphatic rings. The van der Waals surface area contributed by atoms with Gasteiger partial charge in [0.05, 0.1) is 0 Å². The average Bonchev–Trinajstić information content (AvgIpc) is 2.64. The van der Waals surface area contributed by atoms with Crippen LogP contribution in [-0.4, -0.2) is 16.7 Å². The van der Waals surface area contributed by atoms with E-state index >= 15 is 0 Å². The quantitative estimate of drug-likeness (QED) is 0.628. The number of anilines is 3. The van der Waals surface area contributed by atoms with Gasteiger partial charge in [-0.05, 0) is 55.5 Å². The summed E-state index contributed by atoms with van der Waals surface area (Å²) in [6, 6.07) is 17.2. The molecule has 0 fully saturated rings. The van der Waals surface area contributed by atoms with Gasteiger partial charge in [0.15, 0.2) is 5.78 Å². The van der Waals surface area contributed by atoms with E-state index in [9.17, 15) is 9.59 Å². The molecule has 0 aliphatic carbocycles. The Balaban J connectivity index is 1.75. The van der Waals surface area contributed by atoms with Crippen LogP contribution in [0.4, 0.5) is 17.2 Å². The summed E-state index contributed by atoms with van der Waals surface area (Å²) >= 11 is 5.84. The molecule has 1 heterocycles. The molecule has 5 nitrogen and oxygen atoms in total. The first-order valence-corrected chi connectivity index (χ1v) is 8.30. The van der Waals surface area contributed by atoms with Crippen LogP contribution in [-0.2, 0) is 0 Å². The third-order valence-electron chi connectivity index (χ3n) is 3.67. The first-order valence-electron chi connectivity index (χ1n) is 7.92. The molecular weight excluding hydrogens is 350 g/mol. The normalized spacial score (nSPS) is 10.2. The summed E-state index contributed by atoms with van der Waals surface area (Å²) < 4.78 is 0. The van der Waals surface area contributed by atoms with Crippen LogP contribution in [0.3, 0.4) is 0 Å². The summed E-state index contributed by atoms with van der Waals surface area (Å²) in [5.74, 6) is 0.238. The maximum Gasteiger partial charge on any atom is 0.255 e. The number of ketones is 1. The Morgan fingerprint density at radius 1 is 0.923 bits per heavy atom. The highest BCUT2D eigenvalue weighted by molar-refractivity contribution is 6.30. The number of hydrogen-bond acceptors (Lipinski definition) is 4. The van der Waals surface area contributed by atoms with Crippen molar-refractivity contribution in [1.29, 1.82) is 0 Å². The summed E-state index contributed by atoms with van der Waals surface area (Å²) in [7, 11) is 0. The topological polar surface area (TPSA) is 71.1 Å². The van der Waals surface area contributed by atoms with E-state index < -0.39 is 0 Å². The Kier molecular flexibility index (Phi) is 5.29. The molecule has 3 aromatic rings. The lowest BCUT2D eigenvalue weighted by Crippen LogP contribution is -2.12. The fraction of sp³-hybridized carbons (Fsp3) is 0.0500. The monoisotopic (exact) mass is 365 g/mol. The molecule has 2 aromatic carbocycles. The number of carbonyl (C=O) groups is 2. The molecule has 0 aliphatic heterocycles. The van der Waals surface area contributed by atoms with Gasteiger partial charge in [-0.1, -0.05) is 23.7 Å². The molecule has 0 atom stereocenters. The van der Waals surface area contributed by atoms with Crippen molar-refractivity contribution in [1.82, 2.24) is 4.98 Å². The Hall–Kier alpha value is -3.18. The maximum atomic E-state index is 12.4. The molecule has 130 valence electrons. The third-order valence-corrected chi connectivity index (χ3v) is 3.92. The van der Waals surface area contributed by atoms with E-state index in [4.69, 9.17) is 11.6 Å². The molecule has 0 saturated carbocycles. The first-order chi connectivity index (χ1) is 12.5. The molecule has 0 unspecified atom stereocenters. The Labute approximate surface area is 156 Å². The first kappa shape index (κ1) is 17.6. The Morgan fingerprint density at radius 3 is 2.42 bits per heavy atom. The van der Waals surface area contributed by atoms with E-state index in [1.807, 2.05) is 6.07 Å². The number of hydrogen-bond donors (Lipinski definition) is 2. The van der Waals surface area contributed by atoms with Crippen LogP contribution in [0.5, 0.6) is 0 Å². The molecule has 0 saturated heterocycles. The molecule has 1 amide bonds. The van der Waals surface area contributed by atoms with Gasteiger partial charge in [0.2, 0.25) is 0 Å². The van der Waals surface area contributed by atoms with Gasteiger partial charge in [0.25, 0.3) is 5.91 Å². The van der Waals surface area contributed by atoms with Crippen molar-refractivity contribution in [3.63, 3.8) is 0 Å². The number of benzene rings is 2.